The monoisotopic (exact) mass is 450 g/mol. The maximum Gasteiger partial charge on any atom is 0.319 e. The first-order valence-corrected chi connectivity index (χ1v) is 11.6. The Hall–Kier alpha value is -2.63. The zero-order valence-electron chi connectivity index (χ0n) is 17.7. The Labute approximate surface area is 181 Å². The van der Waals surface area contributed by atoms with Gasteiger partial charge < -0.3 is 5.73 Å². The van der Waals surface area contributed by atoms with Crippen LogP contribution in [0.15, 0.2) is 30.6 Å². The van der Waals surface area contributed by atoms with Crippen molar-refractivity contribution >= 4 is 21.7 Å². The molecule has 1 aromatic carbocycles. The minimum atomic E-state index is -3.18. The maximum absolute atomic E-state index is 14.5. The fourth-order valence-electron chi connectivity index (χ4n) is 3.45. The van der Waals surface area contributed by atoms with E-state index in [-0.39, 0.29) is 12.3 Å². The molecule has 1 aliphatic rings. The van der Waals surface area contributed by atoms with Crippen LogP contribution in [0.4, 0.5) is 14.9 Å². The molecule has 0 saturated carbocycles. The number of aromatic nitrogens is 2. The molecule has 1 aliphatic heterocycles. The summed E-state index contributed by atoms with van der Waals surface area (Å²) in [5, 5.41) is 0. The number of sulfonamides is 1. The molecule has 2 aromatic rings. The molecule has 2 amide bonds. The maximum atomic E-state index is 14.5. The van der Waals surface area contributed by atoms with E-state index in [1.165, 1.54) is 27.7 Å². The van der Waals surface area contributed by atoms with E-state index in [0.717, 1.165) is 5.56 Å². The van der Waals surface area contributed by atoms with Crippen LogP contribution in [-0.2, 0) is 23.1 Å². The molecule has 1 aromatic heterocycles. The van der Waals surface area contributed by atoms with Crippen LogP contribution >= 0.6 is 0 Å². The summed E-state index contributed by atoms with van der Waals surface area (Å²) in [5.74, 6) is 0.201. The quantitative estimate of drug-likeness (QED) is 0.684. The SMILES string of the molecule is CCS(=O)(=O)N1CCN(Cc2ccc(F)c(CN(C(N)=O)c3cnc(C)nc3)c2)CC1. The van der Waals surface area contributed by atoms with Gasteiger partial charge in [-0.2, -0.15) is 4.31 Å². The highest BCUT2D eigenvalue weighted by Crippen LogP contribution is 2.20. The van der Waals surface area contributed by atoms with E-state index in [4.69, 9.17) is 5.73 Å². The first-order valence-electron chi connectivity index (χ1n) is 10.0. The van der Waals surface area contributed by atoms with Gasteiger partial charge in [0.1, 0.15) is 11.6 Å². The normalized spacial score (nSPS) is 15.7. The van der Waals surface area contributed by atoms with Gasteiger partial charge in [0.15, 0.2) is 0 Å². The molecule has 31 heavy (non-hydrogen) atoms. The lowest BCUT2D eigenvalue weighted by Crippen LogP contribution is -2.48. The van der Waals surface area contributed by atoms with E-state index in [1.54, 1.807) is 26.0 Å². The van der Waals surface area contributed by atoms with E-state index < -0.39 is 21.9 Å². The Bertz CT molecular complexity index is 1020. The molecule has 2 heterocycles. The summed E-state index contributed by atoms with van der Waals surface area (Å²) < 4.78 is 40.0. The van der Waals surface area contributed by atoms with Crippen LogP contribution in [0.1, 0.15) is 23.9 Å². The molecule has 3 rings (SSSR count). The number of piperazine rings is 1. The number of amides is 2. The number of benzene rings is 1. The number of rotatable bonds is 7. The second-order valence-electron chi connectivity index (χ2n) is 7.41. The van der Waals surface area contributed by atoms with Crippen molar-refractivity contribution in [1.82, 2.24) is 19.2 Å². The molecule has 168 valence electrons. The third-order valence-corrected chi connectivity index (χ3v) is 7.16. The van der Waals surface area contributed by atoms with Crippen molar-refractivity contribution in [3.63, 3.8) is 0 Å². The van der Waals surface area contributed by atoms with Crippen molar-refractivity contribution in [2.24, 2.45) is 5.73 Å². The van der Waals surface area contributed by atoms with Gasteiger partial charge in [-0.15, -0.1) is 0 Å². The lowest BCUT2D eigenvalue weighted by atomic mass is 10.1. The van der Waals surface area contributed by atoms with Crippen LogP contribution in [0.2, 0.25) is 0 Å². The highest BCUT2D eigenvalue weighted by atomic mass is 32.2. The zero-order valence-corrected chi connectivity index (χ0v) is 18.5. The Morgan fingerprint density at radius 1 is 1.19 bits per heavy atom. The van der Waals surface area contributed by atoms with Crippen LogP contribution in [-0.4, -0.2) is 65.6 Å². The van der Waals surface area contributed by atoms with Gasteiger partial charge in [0.2, 0.25) is 10.0 Å². The standard InChI is InChI=1S/C20H27FN6O3S/c1-3-31(29,30)26-8-6-25(7-9-26)13-16-4-5-19(21)17(10-16)14-27(20(22)28)18-11-23-15(2)24-12-18/h4-5,10-12H,3,6-9,13-14H2,1-2H3,(H2,22,28). The summed E-state index contributed by atoms with van der Waals surface area (Å²) in [4.78, 5) is 23.4. The second kappa shape index (κ2) is 9.67. The number of hydrogen-bond donors (Lipinski definition) is 1. The van der Waals surface area contributed by atoms with Crippen LogP contribution in [0.5, 0.6) is 0 Å². The molecule has 0 spiro atoms. The van der Waals surface area contributed by atoms with E-state index in [9.17, 15) is 17.6 Å². The van der Waals surface area contributed by atoms with Crippen LogP contribution < -0.4 is 10.6 Å². The van der Waals surface area contributed by atoms with Crippen molar-refractivity contribution in [2.45, 2.75) is 26.9 Å². The number of hydrogen-bond acceptors (Lipinski definition) is 6. The highest BCUT2D eigenvalue weighted by molar-refractivity contribution is 7.89. The number of primary amides is 1. The van der Waals surface area contributed by atoms with Crippen LogP contribution in [0, 0.1) is 12.7 Å². The number of aryl methyl sites for hydroxylation is 1. The third kappa shape index (κ3) is 5.75. The van der Waals surface area contributed by atoms with Gasteiger partial charge in [-0.05, 0) is 31.5 Å². The lowest BCUT2D eigenvalue weighted by Gasteiger charge is -2.33. The number of nitrogens with zero attached hydrogens (tertiary/aromatic N) is 5. The van der Waals surface area contributed by atoms with Crippen molar-refractivity contribution in [3.05, 3.63) is 53.4 Å². The Balaban J connectivity index is 1.70. The predicted octanol–water partition coefficient (Wildman–Crippen LogP) is 1.48. The molecule has 0 unspecified atom stereocenters. The number of anilines is 1. The molecular weight excluding hydrogens is 423 g/mol. The Morgan fingerprint density at radius 3 is 2.42 bits per heavy atom. The molecule has 2 N–H and O–H groups in total. The average Bonchev–Trinajstić information content (AvgIpc) is 2.75. The minimum Gasteiger partial charge on any atom is -0.351 e. The summed E-state index contributed by atoms with van der Waals surface area (Å²) >= 11 is 0. The van der Waals surface area contributed by atoms with Crippen molar-refractivity contribution in [2.75, 3.05) is 36.8 Å². The molecule has 9 nitrogen and oxygen atoms in total. The van der Waals surface area contributed by atoms with Gasteiger partial charge in [-0.3, -0.25) is 9.80 Å². The first kappa shape index (κ1) is 23.0. The summed E-state index contributed by atoms with van der Waals surface area (Å²) in [6.45, 7) is 5.93. The first-order chi connectivity index (χ1) is 14.7. The van der Waals surface area contributed by atoms with E-state index >= 15 is 0 Å². The Morgan fingerprint density at radius 2 is 1.84 bits per heavy atom. The van der Waals surface area contributed by atoms with E-state index in [0.29, 0.717) is 49.8 Å². The largest absolute Gasteiger partial charge is 0.351 e. The second-order valence-corrected chi connectivity index (χ2v) is 9.67. The summed E-state index contributed by atoms with van der Waals surface area (Å²) in [6.07, 6.45) is 2.94. The third-order valence-electron chi connectivity index (χ3n) is 5.28. The molecule has 0 aliphatic carbocycles. The fraction of sp³-hybridized carbons (Fsp3) is 0.450. The molecule has 0 atom stereocenters. The molecule has 11 heteroatoms. The van der Waals surface area contributed by atoms with Crippen LogP contribution in [0.3, 0.4) is 0 Å². The summed E-state index contributed by atoms with van der Waals surface area (Å²) in [5.41, 5.74) is 7.08. The van der Waals surface area contributed by atoms with Crippen molar-refractivity contribution in [3.8, 4) is 0 Å². The van der Waals surface area contributed by atoms with Gasteiger partial charge in [-0.25, -0.2) is 27.6 Å². The molecule has 1 fully saturated rings. The minimum absolute atomic E-state index is 0.0516. The highest BCUT2D eigenvalue weighted by Gasteiger charge is 2.25. The lowest BCUT2D eigenvalue weighted by molar-refractivity contribution is 0.181. The van der Waals surface area contributed by atoms with Gasteiger partial charge >= 0.3 is 6.03 Å². The topological polar surface area (TPSA) is 113 Å². The molecular formula is C20H27FN6O3S. The van der Waals surface area contributed by atoms with Crippen LogP contribution in [0.25, 0.3) is 0 Å². The molecule has 0 bridgehead atoms. The smallest absolute Gasteiger partial charge is 0.319 e. The fourth-order valence-corrected chi connectivity index (χ4v) is 4.53. The van der Waals surface area contributed by atoms with E-state index in [2.05, 4.69) is 14.9 Å². The number of nitrogens with two attached hydrogens (primary N) is 1. The molecule has 1 saturated heterocycles. The summed E-state index contributed by atoms with van der Waals surface area (Å²) in [6, 6.07) is 4.03. The number of carbonyl (C=O) groups is 1. The predicted molar refractivity (Wildman–Crippen MR) is 115 cm³/mol. The average molecular weight is 451 g/mol. The number of urea groups is 1. The van der Waals surface area contributed by atoms with Gasteiger partial charge in [0.25, 0.3) is 0 Å². The van der Waals surface area contributed by atoms with Crippen molar-refractivity contribution < 1.29 is 17.6 Å². The number of carbonyl (C=O) groups excluding carboxylic acids is 1. The van der Waals surface area contributed by atoms with Gasteiger partial charge in [0.05, 0.1) is 30.4 Å². The zero-order chi connectivity index (χ0) is 22.6. The van der Waals surface area contributed by atoms with E-state index in [1.807, 2.05) is 0 Å². The molecule has 0 radical (unpaired) electrons. The number of halogens is 1. The van der Waals surface area contributed by atoms with Gasteiger partial charge in [-0.1, -0.05) is 6.07 Å². The van der Waals surface area contributed by atoms with Crippen molar-refractivity contribution in [1.29, 1.82) is 0 Å². The summed E-state index contributed by atoms with van der Waals surface area (Å²) in [7, 11) is -3.18. The Kier molecular flexibility index (Phi) is 7.19. The van der Waals surface area contributed by atoms with Gasteiger partial charge in [0, 0.05) is 38.3 Å².